The Bertz CT molecular complexity index is 209. The maximum Gasteiger partial charge on any atom is 0.312 e. The van der Waals surface area contributed by atoms with Crippen molar-refractivity contribution in [2.24, 2.45) is 17.3 Å². The van der Waals surface area contributed by atoms with Crippen LogP contribution in [0.2, 0.25) is 0 Å². The van der Waals surface area contributed by atoms with E-state index in [2.05, 4.69) is 13.8 Å². The third-order valence-electron chi connectivity index (χ3n) is 2.92. The fourth-order valence-corrected chi connectivity index (χ4v) is 2.09. The van der Waals surface area contributed by atoms with Gasteiger partial charge in [0.2, 0.25) is 6.29 Å². The third kappa shape index (κ3) is 0.692. The Morgan fingerprint density at radius 2 is 2.18 bits per heavy atom. The number of hydrogen-bond donors (Lipinski definition) is 0. The van der Waals surface area contributed by atoms with Gasteiger partial charge in [-0.15, -0.1) is 0 Å². The molecule has 0 aromatic carbocycles. The molecule has 3 heteroatoms. The van der Waals surface area contributed by atoms with Crippen molar-refractivity contribution in [3.8, 4) is 0 Å². The van der Waals surface area contributed by atoms with E-state index in [4.69, 9.17) is 9.47 Å². The summed E-state index contributed by atoms with van der Waals surface area (Å²) in [5.74, 6) is 0.291. The highest BCUT2D eigenvalue weighted by Crippen LogP contribution is 2.64. The summed E-state index contributed by atoms with van der Waals surface area (Å²) in [6, 6.07) is 0. The number of carbonyl (C=O) groups excluding carboxylic acids is 1. The summed E-state index contributed by atoms with van der Waals surface area (Å²) in [5, 5.41) is 0. The van der Waals surface area contributed by atoms with E-state index in [0.29, 0.717) is 5.92 Å². The van der Waals surface area contributed by atoms with E-state index in [1.807, 2.05) is 0 Å². The lowest BCUT2D eigenvalue weighted by Gasteiger charge is -2.15. The van der Waals surface area contributed by atoms with Gasteiger partial charge in [0.1, 0.15) is 0 Å². The van der Waals surface area contributed by atoms with Gasteiger partial charge in [-0.2, -0.15) is 0 Å². The number of fused-ring (bicyclic) bond motifs is 1. The lowest BCUT2D eigenvalue weighted by molar-refractivity contribution is -0.169. The highest BCUT2D eigenvalue weighted by Gasteiger charge is 2.71. The fourth-order valence-electron chi connectivity index (χ4n) is 2.09. The topological polar surface area (TPSA) is 35.5 Å². The van der Waals surface area contributed by atoms with Crippen LogP contribution >= 0.6 is 0 Å². The monoisotopic (exact) mass is 156 g/mol. The summed E-state index contributed by atoms with van der Waals surface area (Å²) in [6.45, 7) is 4.16. The largest absolute Gasteiger partial charge is 0.435 e. The SMILES string of the molecule is COC1OC(=O)C2C1C2(C)C. The van der Waals surface area contributed by atoms with E-state index in [1.165, 1.54) is 0 Å². The molecule has 3 atom stereocenters. The molecule has 0 radical (unpaired) electrons. The molecule has 0 N–H and O–H groups in total. The molecule has 0 spiro atoms. The summed E-state index contributed by atoms with van der Waals surface area (Å²) in [6.07, 6.45) is -0.289. The highest BCUT2D eigenvalue weighted by atomic mass is 16.7. The van der Waals surface area contributed by atoms with Crippen LogP contribution in [0.3, 0.4) is 0 Å². The van der Waals surface area contributed by atoms with Crippen LogP contribution in [0, 0.1) is 17.3 Å². The second-order valence-corrected chi connectivity index (χ2v) is 3.87. The zero-order valence-electron chi connectivity index (χ0n) is 6.96. The molecular weight excluding hydrogens is 144 g/mol. The number of rotatable bonds is 1. The molecule has 62 valence electrons. The minimum Gasteiger partial charge on any atom is -0.435 e. The number of esters is 1. The molecule has 3 unspecified atom stereocenters. The number of cyclic esters (lactones) is 1. The van der Waals surface area contributed by atoms with Crippen molar-refractivity contribution < 1.29 is 14.3 Å². The zero-order chi connectivity index (χ0) is 8.22. The molecule has 2 aliphatic rings. The van der Waals surface area contributed by atoms with Gasteiger partial charge in [0.15, 0.2) is 0 Å². The standard InChI is InChI=1S/C8H12O3/c1-8(2)4-5(8)7(10-3)11-6(4)9/h4-5,7H,1-3H3. The molecule has 2 fully saturated rings. The Balaban J connectivity index is 2.19. The molecule has 1 heterocycles. The second-order valence-electron chi connectivity index (χ2n) is 3.87. The number of carbonyl (C=O) groups is 1. The smallest absolute Gasteiger partial charge is 0.312 e. The van der Waals surface area contributed by atoms with Crippen LogP contribution in [0.4, 0.5) is 0 Å². The van der Waals surface area contributed by atoms with Gasteiger partial charge in [0, 0.05) is 13.0 Å². The molecule has 11 heavy (non-hydrogen) atoms. The predicted octanol–water partition coefficient (Wildman–Crippen LogP) is 0.788. The van der Waals surface area contributed by atoms with Gasteiger partial charge in [0.05, 0.1) is 5.92 Å². The average Bonchev–Trinajstić information content (AvgIpc) is 2.37. The Morgan fingerprint density at radius 3 is 2.45 bits per heavy atom. The van der Waals surface area contributed by atoms with Crippen LogP contribution in [-0.2, 0) is 14.3 Å². The molecule has 0 aromatic heterocycles. The average molecular weight is 156 g/mol. The molecule has 0 amide bonds. The van der Waals surface area contributed by atoms with Crippen molar-refractivity contribution in [2.45, 2.75) is 20.1 Å². The molecule has 1 aliphatic heterocycles. The normalized spacial score (nSPS) is 45.0. The molecule has 1 saturated heterocycles. The van der Waals surface area contributed by atoms with Crippen LogP contribution < -0.4 is 0 Å². The van der Waals surface area contributed by atoms with Crippen LogP contribution in [0.25, 0.3) is 0 Å². The summed E-state index contributed by atoms with van der Waals surface area (Å²) in [4.78, 5) is 11.1. The Hall–Kier alpha value is -0.570. The summed E-state index contributed by atoms with van der Waals surface area (Å²) in [7, 11) is 1.58. The first-order valence-corrected chi connectivity index (χ1v) is 3.82. The first-order chi connectivity index (χ1) is 5.09. The summed E-state index contributed by atoms with van der Waals surface area (Å²) < 4.78 is 9.98. The van der Waals surface area contributed by atoms with Gasteiger partial charge in [-0.1, -0.05) is 13.8 Å². The first kappa shape index (κ1) is 7.10. The maximum atomic E-state index is 11.1. The van der Waals surface area contributed by atoms with Crippen LogP contribution in [0.15, 0.2) is 0 Å². The minimum absolute atomic E-state index is 0.0902. The van der Waals surface area contributed by atoms with Crippen LogP contribution in [0.5, 0.6) is 0 Å². The van der Waals surface area contributed by atoms with Gasteiger partial charge in [-0.3, -0.25) is 4.79 Å². The maximum absolute atomic E-state index is 11.1. The van der Waals surface area contributed by atoms with Crippen molar-refractivity contribution in [1.29, 1.82) is 0 Å². The second kappa shape index (κ2) is 1.78. The lowest BCUT2D eigenvalue weighted by atomic mass is 10.1. The van der Waals surface area contributed by atoms with Crippen molar-refractivity contribution in [3.05, 3.63) is 0 Å². The zero-order valence-corrected chi connectivity index (χ0v) is 6.96. The molecule has 0 bridgehead atoms. The van der Waals surface area contributed by atoms with E-state index in [9.17, 15) is 4.79 Å². The quantitative estimate of drug-likeness (QED) is 0.526. The van der Waals surface area contributed by atoms with E-state index in [0.717, 1.165) is 0 Å². The molecular formula is C8H12O3. The first-order valence-electron chi connectivity index (χ1n) is 3.82. The van der Waals surface area contributed by atoms with Crippen LogP contribution in [0.1, 0.15) is 13.8 Å². The Morgan fingerprint density at radius 1 is 1.55 bits per heavy atom. The Labute approximate surface area is 65.7 Å². The molecule has 0 aromatic rings. The van der Waals surface area contributed by atoms with E-state index in [-0.39, 0.29) is 23.6 Å². The van der Waals surface area contributed by atoms with Crippen molar-refractivity contribution in [3.63, 3.8) is 0 Å². The van der Waals surface area contributed by atoms with E-state index >= 15 is 0 Å². The predicted molar refractivity (Wildman–Crippen MR) is 37.7 cm³/mol. The fraction of sp³-hybridized carbons (Fsp3) is 0.875. The Kier molecular flexibility index (Phi) is 1.15. The summed E-state index contributed by atoms with van der Waals surface area (Å²) >= 11 is 0. The van der Waals surface area contributed by atoms with Crippen molar-refractivity contribution >= 4 is 5.97 Å². The minimum atomic E-state index is -0.289. The van der Waals surface area contributed by atoms with Gasteiger partial charge >= 0.3 is 5.97 Å². The van der Waals surface area contributed by atoms with E-state index in [1.54, 1.807) is 7.11 Å². The number of ether oxygens (including phenoxy) is 2. The van der Waals surface area contributed by atoms with Crippen molar-refractivity contribution in [2.75, 3.05) is 7.11 Å². The van der Waals surface area contributed by atoms with Gasteiger partial charge in [0.25, 0.3) is 0 Å². The van der Waals surface area contributed by atoms with Crippen LogP contribution in [-0.4, -0.2) is 19.4 Å². The van der Waals surface area contributed by atoms with Gasteiger partial charge in [-0.05, 0) is 5.41 Å². The number of methoxy groups -OCH3 is 1. The van der Waals surface area contributed by atoms with E-state index < -0.39 is 0 Å². The highest BCUT2D eigenvalue weighted by molar-refractivity contribution is 5.80. The summed E-state index contributed by atoms with van der Waals surface area (Å²) in [5.41, 5.74) is 0.107. The molecule has 2 rings (SSSR count). The van der Waals surface area contributed by atoms with Gasteiger partial charge in [-0.25, -0.2) is 0 Å². The van der Waals surface area contributed by atoms with Crippen molar-refractivity contribution in [1.82, 2.24) is 0 Å². The number of hydrogen-bond acceptors (Lipinski definition) is 3. The lowest BCUT2D eigenvalue weighted by Crippen LogP contribution is -2.21. The molecule has 1 aliphatic carbocycles. The van der Waals surface area contributed by atoms with Gasteiger partial charge < -0.3 is 9.47 Å². The third-order valence-corrected chi connectivity index (χ3v) is 2.92. The molecule has 3 nitrogen and oxygen atoms in total. The molecule has 1 saturated carbocycles.